The van der Waals surface area contributed by atoms with Gasteiger partial charge in [-0.2, -0.15) is 18.2 Å². The molecule has 132 valence electrons. The van der Waals surface area contributed by atoms with Gasteiger partial charge in [-0.15, -0.1) is 0 Å². The van der Waals surface area contributed by atoms with Crippen LogP contribution in [-0.2, 0) is 13.2 Å². The molecule has 25 heavy (non-hydrogen) atoms. The third-order valence-electron chi connectivity index (χ3n) is 3.78. The van der Waals surface area contributed by atoms with Crippen LogP contribution in [-0.4, -0.2) is 28.7 Å². The number of nitrogens with one attached hydrogen (secondary N) is 2. The maximum atomic E-state index is 12.9. The van der Waals surface area contributed by atoms with E-state index in [9.17, 15) is 13.2 Å². The van der Waals surface area contributed by atoms with E-state index in [1.807, 2.05) is 36.0 Å². The van der Waals surface area contributed by atoms with Gasteiger partial charge in [0.1, 0.15) is 17.1 Å². The maximum absolute atomic E-state index is 12.9. The molecule has 2 N–H and O–H groups in total. The summed E-state index contributed by atoms with van der Waals surface area (Å²) in [6.07, 6.45) is -1.88. The Morgan fingerprint density at radius 1 is 1.24 bits per heavy atom. The van der Waals surface area contributed by atoms with E-state index in [1.165, 1.54) is 14.2 Å². The lowest BCUT2D eigenvalue weighted by Crippen LogP contribution is -2.12. The molecule has 2 aromatic heterocycles. The fourth-order valence-electron chi connectivity index (χ4n) is 2.52. The summed E-state index contributed by atoms with van der Waals surface area (Å²) >= 11 is 0. The average Bonchev–Trinajstić information content (AvgIpc) is 2.93. The van der Waals surface area contributed by atoms with Gasteiger partial charge in [-0.05, 0) is 18.2 Å². The quantitative estimate of drug-likeness (QED) is 0.749. The van der Waals surface area contributed by atoms with Crippen molar-refractivity contribution in [3.05, 3.63) is 36.2 Å². The summed E-state index contributed by atoms with van der Waals surface area (Å²) in [4.78, 5) is 7.67. The van der Waals surface area contributed by atoms with Crippen molar-refractivity contribution >= 4 is 28.4 Å². The normalized spacial score (nSPS) is 11.6. The molecule has 0 atom stereocenters. The number of aryl methyl sites for hydroxylation is 1. The van der Waals surface area contributed by atoms with E-state index in [-0.39, 0.29) is 11.8 Å². The molecule has 2 heterocycles. The van der Waals surface area contributed by atoms with Crippen LogP contribution in [0.15, 0.2) is 30.6 Å². The molecule has 1 aromatic carbocycles. The monoisotopic (exact) mass is 351 g/mol. The van der Waals surface area contributed by atoms with Crippen LogP contribution in [0.25, 0.3) is 10.9 Å². The van der Waals surface area contributed by atoms with Crippen molar-refractivity contribution < 1.29 is 17.9 Å². The number of benzene rings is 1. The molecule has 6 nitrogen and oxygen atoms in total. The Morgan fingerprint density at radius 3 is 2.64 bits per heavy atom. The molecular formula is C16H16F3N5O. The van der Waals surface area contributed by atoms with Crippen molar-refractivity contribution in [2.75, 3.05) is 24.8 Å². The number of nitrogens with zero attached hydrogens (tertiary/aromatic N) is 3. The molecular weight excluding hydrogens is 335 g/mol. The minimum atomic E-state index is -4.53. The highest BCUT2D eigenvalue weighted by Gasteiger charge is 2.35. The number of fused-ring (bicyclic) bond motifs is 1. The van der Waals surface area contributed by atoms with Gasteiger partial charge >= 0.3 is 6.18 Å². The number of alkyl halides is 3. The molecule has 0 aliphatic carbocycles. The molecule has 0 aliphatic rings. The minimum absolute atomic E-state index is 0.0317. The zero-order valence-electron chi connectivity index (χ0n) is 13.8. The topological polar surface area (TPSA) is 64.0 Å². The number of anilines is 3. The highest BCUT2D eigenvalue weighted by molar-refractivity contribution is 5.87. The van der Waals surface area contributed by atoms with Crippen LogP contribution >= 0.6 is 0 Å². The fraction of sp³-hybridized carbons (Fsp3) is 0.250. The summed E-state index contributed by atoms with van der Waals surface area (Å²) < 4.78 is 46.1. The Kier molecular flexibility index (Phi) is 4.15. The number of hydrogen-bond donors (Lipinski definition) is 2. The second-order valence-electron chi connectivity index (χ2n) is 5.37. The van der Waals surface area contributed by atoms with Gasteiger partial charge in [0.2, 0.25) is 5.95 Å². The van der Waals surface area contributed by atoms with Gasteiger partial charge in [-0.3, -0.25) is 0 Å². The zero-order valence-corrected chi connectivity index (χ0v) is 13.8. The Bertz CT molecular complexity index is 920. The molecule has 3 aromatic rings. The second kappa shape index (κ2) is 6.15. The summed E-state index contributed by atoms with van der Waals surface area (Å²) in [5.74, 6) is 0.265. The first-order valence-corrected chi connectivity index (χ1v) is 7.35. The molecule has 0 spiro atoms. The van der Waals surface area contributed by atoms with E-state index in [2.05, 4.69) is 20.6 Å². The van der Waals surface area contributed by atoms with Crippen LogP contribution in [0.2, 0.25) is 0 Å². The van der Waals surface area contributed by atoms with E-state index in [0.29, 0.717) is 11.4 Å². The van der Waals surface area contributed by atoms with E-state index < -0.39 is 11.7 Å². The maximum Gasteiger partial charge on any atom is 0.421 e. The van der Waals surface area contributed by atoms with Crippen molar-refractivity contribution in [2.45, 2.75) is 6.18 Å². The molecule has 9 heteroatoms. The third-order valence-corrected chi connectivity index (χ3v) is 3.78. The van der Waals surface area contributed by atoms with Gasteiger partial charge in [-0.1, -0.05) is 0 Å². The van der Waals surface area contributed by atoms with Crippen LogP contribution in [0.5, 0.6) is 5.75 Å². The van der Waals surface area contributed by atoms with E-state index in [4.69, 9.17) is 4.74 Å². The lowest BCUT2D eigenvalue weighted by atomic mass is 10.2. The summed E-state index contributed by atoms with van der Waals surface area (Å²) in [5.41, 5.74) is 0.563. The lowest BCUT2D eigenvalue weighted by molar-refractivity contribution is -0.137. The van der Waals surface area contributed by atoms with Gasteiger partial charge in [0.25, 0.3) is 0 Å². The standard InChI is InChI=1S/C16H16F3N5O/c1-20-14-10(16(17,18)19)8-21-15(23-14)22-11-7-12-9(4-5-24(12)2)6-13(11)25-3/h4-8H,1-3H3,(H2,20,21,22,23). The molecule has 0 aliphatic heterocycles. The Hall–Kier alpha value is -2.97. The number of halogens is 3. The highest BCUT2D eigenvalue weighted by atomic mass is 19.4. The van der Waals surface area contributed by atoms with Crippen molar-refractivity contribution in [3.63, 3.8) is 0 Å². The van der Waals surface area contributed by atoms with Crippen LogP contribution < -0.4 is 15.4 Å². The SMILES string of the molecule is CNc1nc(Nc2cc3c(ccn3C)cc2OC)ncc1C(F)(F)F. The third kappa shape index (κ3) is 3.17. The van der Waals surface area contributed by atoms with Crippen molar-refractivity contribution in [1.29, 1.82) is 0 Å². The molecule has 3 rings (SSSR count). The van der Waals surface area contributed by atoms with Crippen LogP contribution in [0.1, 0.15) is 5.56 Å². The molecule has 0 bridgehead atoms. The molecule has 0 saturated heterocycles. The Morgan fingerprint density at radius 2 is 2.00 bits per heavy atom. The van der Waals surface area contributed by atoms with Crippen molar-refractivity contribution in [3.8, 4) is 5.75 Å². The summed E-state index contributed by atoms with van der Waals surface area (Å²) in [7, 11) is 4.78. The number of ether oxygens (including phenoxy) is 1. The molecule has 0 saturated carbocycles. The van der Waals surface area contributed by atoms with Crippen LogP contribution in [0, 0.1) is 0 Å². The van der Waals surface area contributed by atoms with E-state index in [1.54, 1.807) is 0 Å². The zero-order chi connectivity index (χ0) is 18.2. The van der Waals surface area contributed by atoms with Crippen molar-refractivity contribution in [1.82, 2.24) is 14.5 Å². The Labute approximate surface area is 141 Å². The molecule has 0 fully saturated rings. The second-order valence-corrected chi connectivity index (χ2v) is 5.37. The fourth-order valence-corrected chi connectivity index (χ4v) is 2.52. The average molecular weight is 351 g/mol. The van der Waals surface area contributed by atoms with Crippen molar-refractivity contribution in [2.24, 2.45) is 7.05 Å². The van der Waals surface area contributed by atoms with Gasteiger partial charge in [0.05, 0.1) is 18.3 Å². The molecule has 0 unspecified atom stereocenters. The van der Waals surface area contributed by atoms with Crippen LogP contribution in [0.3, 0.4) is 0 Å². The van der Waals surface area contributed by atoms with Crippen LogP contribution in [0.4, 0.5) is 30.6 Å². The van der Waals surface area contributed by atoms with Gasteiger partial charge < -0.3 is 19.9 Å². The first-order valence-electron chi connectivity index (χ1n) is 7.35. The predicted octanol–water partition coefficient (Wildman–Crippen LogP) is 3.78. The lowest BCUT2D eigenvalue weighted by Gasteiger charge is -2.14. The predicted molar refractivity (Wildman–Crippen MR) is 89.3 cm³/mol. The number of hydrogen-bond acceptors (Lipinski definition) is 5. The van der Waals surface area contributed by atoms with E-state index >= 15 is 0 Å². The minimum Gasteiger partial charge on any atom is -0.495 e. The highest BCUT2D eigenvalue weighted by Crippen LogP contribution is 2.35. The van der Waals surface area contributed by atoms with Gasteiger partial charge in [0.15, 0.2) is 0 Å². The largest absolute Gasteiger partial charge is 0.495 e. The molecule has 0 amide bonds. The molecule has 0 radical (unpaired) electrons. The smallest absolute Gasteiger partial charge is 0.421 e. The Balaban J connectivity index is 2.02. The summed E-state index contributed by atoms with van der Waals surface area (Å²) in [5, 5.41) is 6.34. The first-order chi connectivity index (χ1) is 11.8. The number of rotatable bonds is 4. The number of aromatic nitrogens is 3. The first kappa shape index (κ1) is 16.9. The van der Waals surface area contributed by atoms with E-state index in [0.717, 1.165) is 17.1 Å². The van der Waals surface area contributed by atoms with Gasteiger partial charge in [0, 0.05) is 31.9 Å². The summed E-state index contributed by atoms with van der Waals surface area (Å²) in [6, 6.07) is 5.60. The van der Waals surface area contributed by atoms with Gasteiger partial charge in [-0.25, -0.2) is 4.98 Å². The number of methoxy groups -OCH3 is 1. The summed E-state index contributed by atoms with van der Waals surface area (Å²) in [6.45, 7) is 0.